The lowest BCUT2D eigenvalue weighted by molar-refractivity contribution is 0.274. The van der Waals surface area contributed by atoms with Crippen LogP contribution in [0.5, 0.6) is 0 Å². The molecule has 2 nitrogen and oxygen atoms in total. The molecule has 2 aromatic rings. The van der Waals surface area contributed by atoms with Crippen LogP contribution in [0.2, 0.25) is 0 Å². The molecule has 0 unspecified atom stereocenters. The van der Waals surface area contributed by atoms with Crippen molar-refractivity contribution in [3.05, 3.63) is 36.0 Å². The van der Waals surface area contributed by atoms with Crippen molar-refractivity contribution in [2.75, 3.05) is 13.1 Å². The number of benzene rings is 1. The summed E-state index contributed by atoms with van der Waals surface area (Å²) in [7, 11) is 0. The second-order valence-corrected chi connectivity index (χ2v) is 5.07. The molecule has 1 N–H and O–H groups in total. The highest BCUT2D eigenvalue weighted by Crippen LogP contribution is 2.17. The second-order valence-electron chi connectivity index (χ2n) is 5.07. The van der Waals surface area contributed by atoms with E-state index in [9.17, 15) is 0 Å². The fourth-order valence-electron chi connectivity index (χ4n) is 2.75. The first-order chi connectivity index (χ1) is 8.42. The molecule has 1 aliphatic heterocycles. The Morgan fingerprint density at radius 1 is 1.00 bits per heavy atom. The number of hydrogen-bond acceptors (Lipinski definition) is 1. The molecule has 1 saturated heterocycles. The van der Waals surface area contributed by atoms with Gasteiger partial charge >= 0.3 is 0 Å². The molecule has 0 amide bonds. The van der Waals surface area contributed by atoms with Crippen molar-refractivity contribution in [3.63, 3.8) is 0 Å². The quantitative estimate of drug-likeness (QED) is 0.833. The van der Waals surface area contributed by atoms with Gasteiger partial charge < -0.3 is 4.98 Å². The van der Waals surface area contributed by atoms with Gasteiger partial charge in [-0.15, -0.1) is 0 Å². The molecule has 0 radical (unpaired) electrons. The van der Waals surface area contributed by atoms with Crippen molar-refractivity contribution < 1.29 is 0 Å². The zero-order chi connectivity index (χ0) is 11.5. The Kier molecular flexibility index (Phi) is 3.14. The molecule has 1 aromatic heterocycles. The molecule has 0 atom stereocenters. The minimum Gasteiger partial charge on any atom is -0.357 e. The summed E-state index contributed by atoms with van der Waals surface area (Å²) < 4.78 is 0. The number of hydrogen-bond donors (Lipinski definition) is 1. The van der Waals surface area contributed by atoms with Crippen molar-refractivity contribution in [2.45, 2.75) is 32.2 Å². The number of nitrogens with zero attached hydrogens (tertiary/aromatic N) is 1. The Bertz CT molecular complexity index is 445. The molecule has 3 rings (SSSR count). The van der Waals surface area contributed by atoms with Crippen LogP contribution in [0.1, 0.15) is 31.4 Å². The molecule has 1 fully saturated rings. The molecule has 2 heteroatoms. The number of fused-ring (bicyclic) bond motifs is 1. The third-order valence-electron chi connectivity index (χ3n) is 3.68. The zero-order valence-electron chi connectivity index (χ0n) is 10.3. The largest absolute Gasteiger partial charge is 0.357 e. The second kappa shape index (κ2) is 4.92. The van der Waals surface area contributed by atoms with E-state index < -0.39 is 0 Å². The average molecular weight is 228 g/mol. The first-order valence-corrected chi connectivity index (χ1v) is 6.71. The lowest BCUT2D eigenvalue weighted by atomic mass is 10.2. The van der Waals surface area contributed by atoms with Gasteiger partial charge in [0.15, 0.2) is 0 Å². The number of nitrogens with one attached hydrogen (secondary N) is 1. The fraction of sp³-hybridized carbons (Fsp3) is 0.467. The highest BCUT2D eigenvalue weighted by molar-refractivity contribution is 5.80. The first-order valence-electron chi connectivity index (χ1n) is 6.71. The molecule has 0 bridgehead atoms. The Morgan fingerprint density at radius 3 is 2.53 bits per heavy atom. The minimum atomic E-state index is 1.08. The highest BCUT2D eigenvalue weighted by atomic mass is 15.1. The van der Waals surface area contributed by atoms with Crippen molar-refractivity contribution in [1.82, 2.24) is 9.88 Å². The number of para-hydroxylation sites is 1. The summed E-state index contributed by atoms with van der Waals surface area (Å²) in [6, 6.07) is 10.8. The van der Waals surface area contributed by atoms with Gasteiger partial charge in [0.05, 0.1) is 0 Å². The van der Waals surface area contributed by atoms with Crippen molar-refractivity contribution >= 4 is 10.9 Å². The average Bonchev–Trinajstić information content (AvgIpc) is 2.57. The maximum Gasteiger partial charge on any atom is 0.0456 e. The summed E-state index contributed by atoms with van der Waals surface area (Å²) in [5.41, 5.74) is 2.62. The van der Waals surface area contributed by atoms with E-state index in [1.807, 2.05) is 0 Å². The van der Waals surface area contributed by atoms with Crippen LogP contribution in [0.3, 0.4) is 0 Å². The van der Waals surface area contributed by atoms with E-state index in [1.165, 1.54) is 55.4 Å². The molecule has 0 saturated carbocycles. The van der Waals surface area contributed by atoms with Gasteiger partial charge in [-0.25, -0.2) is 0 Å². The lowest BCUT2D eigenvalue weighted by Gasteiger charge is -2.18. The minimum absolute atomic E-state index is 1.08. The van der Waals surface area contributed by atoms with E-state index in [1.54, 1.807) is 0 Å². The van der Waals surface area contributed by atoms with Gasteiger partial charge in [0.1, 0.15) is 0 Å². The van der Waals surface area contributed by atoms with Crippen LogP contribution in [0.25, 0.3) is 10.9 Å². The van der Waals surface area contributed by atoms with Gasteiger partial charge in [-0.3, -0.25) is 4.90 Å². The number of rotatable bonds is 2. The van der Waals surface area contributed by atoms with Crippen molar-refractivity contribution in [1.29, 1.82) is 0 Å². The smallest absolute Gasteiger partial charge is 0.0456 e. The predicted octanol–water partition coefficient (Wildman–Crippen LogP) is 3.54. The summed E-state index contributed by atoms with van der Waals surface area (Å²) in [5.74, 6) is 0. The van der Waals surface area contributed by atoms with Crippen LogP contribution >= 0.6 is 0 Å². The number of H-pyrrole nitrogens is 1. The summed E-state index contributed by atoms with van der Waals surface area (Å²) in [6.07, 6.45) is 5.53. The summed E-state index contributed by atoms with van der Waals surface area (Å²) in [4.78, 5) is 6.10. The summed E-state index contributed by atoms with van der Waals surface area (Å²) in [6.45, 7) is 3.60. The van der Waals surface area contributed by atoms with Crippen LogP contribution in [0, 0.1) is 0 Å². The third kappa shape index (κ3) is 2.52. The van der Waals surface area contributed by atoms with Gasteiger partial charge in [0.25, 0.3) is 0 Å². The Morgan fingerprint density at radius 2 is 1.76 bits per heavy atom. The molecule has 2 heterocycles. The molecule has 1 aliphatic rings. The normalized spacial score (nSPS) is 18.4. The van der Waals surface area contributed by atoms with Gasteiger partial charge in [-0.2, -0.15) is 0 Å². The monoisotopic (exact) mass is 228 g/mol. The van der Waals surface area contributed by atoms with Crippen LogP contribution < -0.4 is 0 Å². The van der Waals surface area contributed by atoms with Gasteiger partial charge in [0.2, 0.25) is 0 Å². The zero-order valence-corrected chi connectivity index (χ0v) is 10.3. The molecular weight excluding hydrogens is 208 g/mol. The van der Waals surface area contributed by atoms with Crippen molar-refractivity contribution in [3.8, 4) is 0 Å². The number of aromatic nitrogens is 1. The van der Waals surface area contributed by atoms with Crippen LogP contribution in [0.4, 0.5) is 0 Å². The number of likely N-dealkylation sites (tertiary alicyclic amines) is 1. The molecule has 0 spiro atoms. The first kappa shape index (κ1) is 10.8. The summed E-state index contributed by atoms with van der Waals surface area (Å²) in [5, 5.41) is 1.33. The SMILES string of the molecule is c1ccc2[nH]c(CN3CCCCCC3)cc2c1. The highest BCUT2D eigenvalue weighted by Gasteiger charge is 2.10. The Labute approximate surface area is 103 Å². The Balaban J connectivity index is 1.75. The Hall–Kier alpha value is -1.28. The summed E-state index contributed by atoms with van der Waals surface area (Å²) >= 11 is 0. The van der Waals surface area contributed by atoms with E-state index in [0.29, 0.717) is 0 Å². The molecule has 1 aromatic carbocycles. The molecule has 90 valence electrons. The van der Waals surface area contributed by atoms with E-state index >= 15 is 0 Å². The van der Waals surface area contributed by atoms with Crippen LogP contribution in [-0.2, 0) is 6.54 Å². The van der Waals surface area contributed by atoms with E-state index in [0.717, 1.165) is 6.54 Å². The van der Waals surface area contributed by atoms with Gasteiger partial charge in [0, 0.05) is 17.8 Å². The van der Waals surface area contributed by atoms with Crippen LogP contribution in [-0.4, -0.2) is 23.0 Å². The molecule has 0 aliphatic carbocycles. The molecule has 17 heavy (non-hydrogen) atoms. The maximum absolute atomic E-state index is 3.52. The number of aromatic amines is 1. The fourth-order valence-corrected chi connectivity index (χ4v) is 2.75. The van der Waals surface area contributed by atoms with E-state index in [-0.39, 0.29) is 0 Å². The lowest BCUT2D eigenvalue weighted by Crippen LogP contribution is -2.24. The van der Waals surface area contributed by atoms with E-state index in [2.05, 4.69) is 40.2 Å². The molecular formula is C15H20N2. The third-order valence-corrected chi connectivity index (χ3v) is 3.68. The van der Waals surface area contributed by atoms with Gasteiger partial charge in [-0.05, 0) is 43.5 Å². The topological polar surface area (TPSA) is 19.0 Å². The van der Waals surface area contributed by atoms with Gasteiger partial charge in [-0.1, -0.05) is 31.0 Å². The standard InChI is InChI=1S/C15H20N2/c1-2-6-10-17(9-5-1)12-14-11-13-7-3-4-8-15(13)16-14/h3-4,7-8,11,16H,1-2,5-6,9-10,12H2. The maximum atomic E-state index is 3.52. The van der Waals surface area contributed by atoms with Crippen molar-refractivity contribution in [2.24, 2.45) is 0 Å². The predicted molar refractivity (Wildman–Crippen MR) is 72.0 cm³/mol. The van der Waals surface area contributed by atoms with E-state index in [4.69, 9.17) is 0 Å². The van der Waals surface area contributed by atoms with Crippen LogP contribution in [0.15, 0.2) is 30.3 Å².